The Kier molecular flexibility index (Phi) is 7.86. The molecule has 0 radical (unpaired) electrons. The summed E-state index contributed by atoms with van der Waals surface area (Å²) in [6.07, 6.45) is 4.47. The minimum atomic E-state index is 0.567. The molecule has 0 aliphatic rings. The second-order valence-electron chi connectivity index (χ2n) is 14.8. The van der Waals surface area contributed by atoms with Crippen LogP contribution in [0.4, 0.5) is 0 Å². The van der Waals surface area contributed by atoms with Gasteiger partial charge in [0, 0.05) is 38.4 Å². The Balaban J connectivity index is 1.01. The fourth-order valence-corrected chi connectivity index (χ4v) is 8.55. The highest BCUT2D eigenvalue weighted by Gasteiger charge is 2.19. The van der Waals surface area contributed by atoms with Crippen molar-refractivity contribution in [3.63, 3.8) is 0 Å². The lowest BCUT2D eigenvalue weighted by Crippen LogP contribution is -2.00. The van der Waals surface area contributed by atoms with E-state index in [1.807, 2.05) is 60.7 Å². The lowest BCUT2D eigenvalue weighted by atomic mass is 10.0. The fourth-order valence-electron chi connectivity index (χ4n) is 8.55. The van der Waals surface area contributed by atoms with Crippen molar-refractivity contribution >= 4 is 76.6 Å². The fraction of sp³-hybridized carbons (Fsp3) is 0.0377. The molecule has 0 saturated carbocycles. The quantitative estimate of drug-likeness (QED) is 0.159. The molecule has 274 valence electrons. The molecule has 0 atom stereocenters. The Morgan fingerprint density at radius 1 is 0.517 bits per heavy atom. The van der Waals surface area contributed by atoms with E-state index in [1.165, 1.54) is 43.4 Å². The van der Waals surface area contributed by atoms with E-state index in [9.17, 15) is 0 Å². The van der Waals surface area contributed by atoms with Crippen molar-refractivity contribution in [2.24, 2.45) is 0 Å². The molecule has 3 heterocycles. The lowest BCUT2D eigenvalue weighted by Gasteiger charge is -2.12. The number of nitrogens with zero attached hydrogens (tertiary/aromatic N) is 4. The molecule has 0 saturated heterocycles. The zero-order chi connectivity index (χ0) is 38.7. The number of para-hydroxylation sites is 2. The van der Waals surface area contributed by atoms with Gasteiger partial charge < -0.3 is 8.98 Å². The Morgan fingerprint density at radius 3 is 1.93 bits per heavy atom. The molecular formula is C53H36N4O. The van der Waals surface area contributed by atoms with Gasteiger partial charge in [-0.05, 0) is 82.9 Å². The summed E-state index contributed by atoms with van der Waals surface area (Å²) in [7, 11) is 0. The van der Waals surface area contributed by atoms with Gasteiger partial charge in [-0.1, -0.05) is 146 Å². The summed E-state index contributed by atoms with van der Waals surface area (Å²) in [5.41, 5.74) is 10.0. The zero-order valence-electron chi connectivity index (χ0n) is 32.0. The minimum absolute atomic E-state index is 0.567. The maximum absolute atomic E-state index is 6.41. The standard InChI is InChI=1S/C53H36N4O/c1-3-34(30-33(2)57-46-29-28-36-14-9-10-19-41(36)49(46)45-31-39-17-7-8-18-40(39)32-47(45)57)35-24-26-38(27-25-35)52-54-51(37-15-5-4-6-16-37)55-53(56-52)44-22-13-21-43-42-20-11-12-23-48(42)58-50(43)44/h3-32H,1-2H3/b33-30+,34-3+. The van der Waals surface area contributed by atoms with E-state index >= 15 is 0 Å². The van der Waals surface area contributed by atoms with Crippen LogP contribution in [0.25, 0.3) is 111 Å². The van der Waals surface area contributed by atoms with Crippen molar-refractivity contribution in [1.82, 2.24) is 19.5 Å². The number of allylic oxidation sites excluding steroid dienone is 4. The van der Waals surface area contributed by atoms with Crippen LogP contribution in [0.2, 0.25) is 0 Å². The molecule has 5 heteroatoms. The van der Waals surface area contributed by atoms with Crippen molar-refractivity contribution in [3.05, 3.63) is 188 Å². The van der Waals surface area contributed by atoms with Crippen LogP contribution in [0.1, 0.15) is 19.4 Å². The average molecular weight is 745 g/mol. The molecule has 0 aliphatic carbocycles. The Labute approximate surface area is 334 Å². The van der Waals surface area contributed by atoms with Gasteiger partial charge in [0.25, 0.3) is 0 Å². The highest BCUT2D eigenvalue weighted by Crippen LogP contribution is 2.40. The normalized spacial score (nSPS) is 12.5. The lowest BCUT2D eigenvalue weighted by molar-refractivity contribution is 0.669. The third-order valence-corrected chi connectivity index (χ3v) is 11.3. The first-order chi connectivity index (χ1) is 28.6. The first kappa shape index (κ1) is 33.7. The number of benzene rings is 8. The number of hydrogen-bond donors (Lipinski definition) is 0. The monoisotopic (exact) mass is 744 g/mol. The molecule has 3 aromatic heterocycles. The zero-order valence-corrected chi connectivity index (χ0v) is 32.0. The van der Waals surface area contributed by atoms with Gasteiger partial charge in [0.2, 0.25) is 0 Å². The summed E-state index contributed by atoms with van der Waals surface area (Å²) in [6, 6.07) is 59.4. The van der Waals surface area contributed by atoms with Gasteiger partial charge in [0.05, 0.1) is 16.6 Å². The van der Waals surface area contributed by atoms with Gasteiger partial charge in [-0.2, -0.15) is 0 Å². The molecule has 0 aliphatic heterocycles. The summed E-state index contributed by atoms with van der Waals surface area (Å²) in [4.78, 5) is 15.1. The highest BCUT2D eigenvalue weighted by atomic mass is 16.3. The Hall–Kier alpha value is -7.63. The summed E-state index contributed by atoms with van der Waals surface area (Å²) in [6.45, 7) is 4.31. The van der Waals surface area contributed by atoms with Crippen LogP contribution in [-0.4, -0.2) is 19.5 Å². The van der Waals surface area contributed by atoms with Crippen LogP contribution < -0.4 is 0 Å². The first-order valence-electron chi connectivity index (χ1n) is 19.6. The van der Waals surface area contributed by atoms with Crippen LogP contribution in [0.15, 0.2) is 186 Å². The summed E-state index contributed by atoms with van der Waals surface area (Å²) in [5, 5.41) is 9.61. The molecule has 11 rings (SSSR count). The van der Waals surface area contributed by atoms with Crippen molar-refractivity contribution in [1.29, 1.82) is 0 Å². The van der Waals surface area contributed by atoms with E-state index < -0.39 is 0 Å². The van der Waals surface area contributed by atoms with Gasteiger partial charge >= 0.3 is 0 Å². The predicted octanol–water partition coefficient (Wildman–Crippen LogP) is 14.2. The van der Waals surface area contributed by atoms with Crippen molar-refractivity contribution in [3.8, 4) is 34.2 Å². The SMILES string of the molecule is C/C=C(\C=C(/C)n1c2cc3ccccc3cc2c2c3ccccc3ccc21)c1ccc(-c2nc(-c3ccccc3)nc(-c3cccc4c3oc3ccccc34)n2)cc1. The predicted molar refractivity (Wildman–Crippen MR) is 241 cm³/mol. The first-order valence-corrected chi connectivity index (χ1v) is 19.6. The Morgan fingerprint density at radius 2 is 1.16 bits per heavy atom. The molecule has 0 amide bonds. The van der Waals surface area contributed by atoms with Gasteiger partial charge in [0.15, 0.2) is 17.5 Å². The average Bonchev–Trinajstić information content (AvgIpc) is 3.83. The molecule has 11 aromatic rings. The minimum Gasteiger partial charge on any atom is -0.455 e. The maximum atomic E-state index is 6.41. The largest absolute Gasteiger partial charge is 0.455 e. The van der Waals surface area contributed by atoms with E-state index in [0.717, 1.165) is 55.5 Å². The number of fused-ring (bicyclic) bond motifs is 9. The van der Waals surface area contributed by atoms with E-state index in [1.54, 1.807) is 0 Å². The smallest absolute Gasteiger partial charge is 0.167 e. The molecular weight excluding hydrogens is 709 g/mol. The summed E-state index contributed by atoms with van der Waals surface area (Å²) < 4.78 is 8.83. The van der Waals surface area contributed by atoms with Gasteiger partial charge in [-0.15, -0.1) is 0 Å². The molecule has 0 bridgehead atoms. The second kappa shape index (κ2) is 13.5. The third kappa shape index (κ3) is 5.51. The number of rotatable bonds is 6. The molecule has 8 aromatic carbocycles. The third-order valence-electron chi connectivity index (χ3n) is 11.3. The van der Waals surface area contributed by atoms with Gasteiger partial charge in [-0.3, -0.25) is 0 Å². The molecule has 58 heavy (non-hydrogen) atoms. The van der Waals surface area contributed by atoms with Crippen molar-refractivity contribution in [2.45, 2.75) is 13.8 Å². The molecule has 0 unspecified atom stereocenters. The van der Waals surface area contributed by atoms with E-state index in [2.05, 4.69) is 140 Å². The van der Waals surface area contributed by atoms with Crippen molar-refractivity contribution < 1.29 is 4.42 Å². The van der Waals surface area contributed by atoms with E-state index in [4.69, 9.17) is 19.4 Å². The second-order valence-corrected chi connectivity index (χ2v) is 14.8. The van der Waals surface area contributed by atoms with Crippen LogP contribution in [0.3, 0.4) is 0 Å². The Bertz CT molecular complexity index is 3460. The summed E-state index contributed by atoms with van der Waals surface area (Å²) in [5.74, 6) is 1.77. The summed E-state index contributed by atoms with van der Waals surface area (Å²) >= 11 is 0. The molecule has 0 spiro atoms. The van der Waals surface area contributed by atoms with Crippen LogP contribution in [0.5, 0.6) is 0 Å². The number of furan rings is 1. The van der Waals surface area contributed by atoms with Crippen LogP contribution in [0, 0.1) is 0 Å². The molecule has 0 N–H and O–H groups in total. The number of aromatic nitrogens is 4. The van der Waals surface area contributed by atoms with Gasteiger partial charge in [0.1, 0.15) is 11.2 Å². The maximum Gasteiger partial charge on any atom is 0.167 e. The number of hydrogen-bond acceptors (Lipinski definition) is 4. The topological polar surface area (TPSA) is 56.7 Å². The highest BCUT2D eigenvalue weighted by molar-refractivity contribution is 6.23. The molecule has 0 fully saturated rings. The van der Waals surface area contributed by atoms with E-state index in [0.29, 0.717) is 17.5 Å². The molecule has 5 nitrogen and oxygen atoms in total. The van der Waals surface area contributed by atoms with Crippen LogP contribution >= 0.6 is 0 Å². The van der Waals surface area contributed by atoms with Crippen LogP contribution in [-0.2, 0) is 0 Å². The van der Waals surface area contributed by atoms with Gasteiger partial charge in [-0.25, -0.2) is 15.0 Å². The van der Waals surface area contributed by atoms with Crippen molar-refractivity contribution in [2.75, 3.05) is 0 Å². The van der Waals surface area contributed by atoms with E-state index in [-0.39, 0.29) is 0 Å².